The zero-order valence-electron chi connectivity index (χ0n) is 11.1. The number of rotatable bonds is 3. The standard InChI is InChI=1S/C13H23NO3/c1-8(13(2,3)4)11(15)14-10-6-5-9(7-10)12(16)17/h8-10H,5-7H2,1-4H3,(H,14,15)(H,16,17)/t8?,9-,10+/m0/s1. The van der Waals surface area contributed by atoms with Crippen molar-refractivity contribution in [2.24, 2.45) is 17.3 Å². The summed E-state index contributed by atoms with van der Waals surface area (Å²) in [6.07, 6.45) is 2.02. The lowest BCUT2D eigenvalue weighted by atomic mass is 9.81. The van der Waals surface area contributed by atoms with Gasteiger partial charge in [0, 0.05) is 12.0 Å². The minimum atomic E-state index is -0.745. The van der Waals surface area contributed by atoms with Crippen LogP contribution in [0.1, 0.15) is 47.0 Å². The summed E-state index contributed by atoms with van der Waals surface area (Å²) in [7, 11) is 0. The summed E-state index contributed by atoms with van der Waals surface area (Å²) in [6, 6.07) is 0.0356. The van der Waals surface area contributed by atoms with Gasteiger partial charge in [0.2, 0.25) is 5.91 Å². The van der Waals surface area contributed by atoms with E-state index in [0.29, 0.717) is 12.8 Å². The van der Waals surface area contributed by atoms with Crippen LogP contribution in [0, 0.1) is 17.3 Å². The van der Waals surface area contributed by atoms with E-state index < -0.39 is 5.97 Å². The van der Waals surface area contributed by atoms with Crippen molar-refractivity contribution in [3.63, 3.8) is 0 Å². The quantitative estimate of drug-likeness (QED) is 0.794. The molecule has 0 aromatic heterocycles. The van der Waals surface area contributed by atoms with Gasteiger partial charge in [0.1, 0.15) is 0 Å². The first-order valence-electron chi connectivity index (χ1n) is 6.25. The van der Waals surface area contributed by atoms with Crippen molar-refractivity contribution < 1.29 is 14.7 Å². The Bertz CT molecular complexity index is 306. The van der Waals surface area contributed by atoms with Crippen molar-refractivity contribution in [2.75, 3.05) is 0 Å². The minimum Gasteiger partial charge on any atom is -0.481 e. The predicted molar refractivity (Wildman–Crippen MR) is 65.5 cm³/mol. The molecule has 0 radical (unpaired) electrons. The maximum absolute atomic E-state index is 12.0. The van der Waals surface area contributed by atoms with Gasteiger partial charge in [-0.2, -0.15) is 0 Å². The zero-order valence-corrected chi connectivity index (χ0v) is 11.1. The van der Waals surface area contributed by atoms with Gasteiger partial charge < -0.3 is 10.4 Å². The molecular formula is C13H23NO3. The van der Waals surface area contributed by atoms with Crippen LogP contribution in [0.25, 0.3) is 0 Å². The molecule has 1 amide bonds. The lowest BCUT2D eigenvalue weighted by Gasteiger charge is -2.27. The van der Waals surface area contributed by atoms with Gasteiger partial charge in [-0.25, -0.2) is 0 Å². The van der Waals surface area contributed by atoms with Crippen LogP contribution < -0.4 is 5.32 Å². The molecule has 3 atom stereocenters. The summed E-state index contributed by atoms with van der Waals surface area (Å²) in [5.41, 5.74) is -0.0606. The highest BCUT2D eigenvalue weighted by Crippen LogP contribution is 2.28. The summed E-state index contributed by atoms with van der Waals surface area (Å²) < 4.78 is 0. The molecule has 1 aliphatic carbocycles. The smallest absolute Gasteiger partial charge is 0.306 e. The van der Waals surface area contributed by atoms with E-state index in [1.807, 2.05) is 27.7 Å². The Morgan fingerprint density at radius 2 is 1.88 bits per heavy atom. The van der Waals surface area contributed by atoms with Crippen molar-refractivity contribution in [3.05, 3.63) is 0 Å². The number of aliphatic carboxylic acids is 1. The summed E-state index contributed by atoms with van der Waals surface area (Å²) in [5, 5.41) is 11.9. The molecule has 17 heavy (non-hydrogen) atoms. The number of carboxylic acids is 1. The van der Waals surface area contributed by atoms with Crippen molar-refractivity contribution >= 4 is 11.9 Å². The SMILES string of the molecule is CC(C(=O)N[C@@H]1CC[C@H](C(=O)O)C1)C(C)(C)C. The number of carboxylic acid groups (broad SMARTS) is 1. The molecule has 1 fully saturated rings. The molecule has 0 aromatic carbocycles. The molecule has 4 nitrogen and oxygen atoms in total. The minimum absolute atomic E-state index is 0.0356. The third-order valence-electron chi connectivity index (χ3n) is 3.82. The fourth-order valence-electron chi connectivity index (χ4n) is 2.06. The highest BCUT2D eigenvalue weighted by molar-refractivity contribution is 5.79. The van der Waals surface area contributed by atoms with Crippen LogP contribution in [0.4, 0.5) is 0 Å². The van der Waals surface area contributed by atoms with E-state index in [0.717, 1.165) is 6.42 Å². The fourth-order valence-corrected chi connectivity index (χ4v) is 2.06. The summed E-state index contributed by atoms with van der Waals surface area (Å²) in [4.78, 5) is 22.8. The third-order valence-corrected chi connectivity index (χ3v) is 3.82. The van der Waals surface area contributed by atoms with Crippen LogP contribution in [0.2, 0.25) is 0 Å². The van der Waals surface area contributed by atoms with Gasteiger partial charge in [0.15, 0.2) is 0 Å². The molecule has 1 saturated carbocycles. The van der Waals surface area contributed by atoms with E-state index in [9.17, 15) is 9.59 Å². The van der Waals surface area contributed by atoms with Gasteiger partial charge in [0.25, 0.3) is 0 Å². The monoisotopic (exact) mass is 241 g/mol. The first-order valence-corrected chi connectivity index (χ1v) is 6.25. The summed E-state index contributed by atoms with van der Waals surface area (Å²) >= 11 is 0. The second-order valence-corrected chi connectivity index (χ2v) is 6.14. The Labute approximate surface area is 103 Å². The van der Waals surface area contributed by atoms with Crippen molar-refractivity contribution in [2.45, 2.75) is 53.0 Å². The van der Waals surface area contributed by atoms with Gasteiger partial charge in [-0.1, -0.05) is 27.7 Å². The first-order chi connectivity index (χ1) is 7.71. The zero-order chi connectivity index (χ0) is 13.2. The van der Waals surface area contributed by atoms with Crippen molar-refractivity contribution in [1.82, 2.24) is 5.32 Å². The molecule has 1 rings (SSSR count). The molecular weight excluding hydrogens is 218 g/mol. The molecule has 1 aliphatic rings. The number of carbonyl (C=O) groups is 2. The van der Waals surface area contributed by atoms with Crippen molar-refractivity contribution in [1.29, 1.82) is 0 Å². The highest BCUT2D eigenvalue weighted by atomic mass is 16.4. The third kappa shape index (κ3) is 3.72. The normalized spacial score (nSPS) is 26.6. The largest absolute Gasteiger partial charge is 0.481 e. The van der Waals surface area contributed by atoms with Crippen LogP contribution in [-0.2, 0) is 9.59 Å². The molecule has 0 heterocycles. The Morgan fingerprint density at radius 3 is 2.29 bits per heavy atom. The Hall–Kier alpha value is -1.06. The maximum Gasteiger partial charge on any atom is 0.306 e. The van der Waals surface area contributed by atoms with E-state index >= 15 is 0 Å². The molecule has 0 aromatic rings. The summed E-state index contributed by atoms with van der Waals surface area (Å²) in [6.45, 7) is 8.02. The van der Waals surface area contributed by atoms with E-state index in [4.69, 9.17) is 5.11 Å². The highest BCUT2D eigenvalue weighted by Gasteiger charge is 2.33. The van der Waals surface area contributed by atoms with Crippen LogP contribution in [0.3, 0.4) is 0 Å². The Balaban J connectivity index is 2.46. The Morgan fingerprint density at radius 1 is 1.29 bits per heavy atom. The van der Waals surface area contributed by atoms with Crippen LogP contribution >= 0.6 is 0 Å². The topological polar surface area (TPSA) is 66.4 Å². The van der Waals surface area contributed by atoms with Gasteiger partial charge in [0.05, 0.1) is 5.92 Å². The van der Waals surface area contributed by atoms with Gasteiger partial charge >= 0.3 is 5.97 Å². The number of carbonyl (C=O) groups excluding carboxylic acids is 1. The number of hydrogen-bond donors (Lipinski definition) is 2. The second-order valence-electron chi connectivity index (χ2n) is 6.14. The van der Waals surface area contributed by atoms with Gasteiger partial charge in [-0.15, -0.1) is 0 Å². The average molecular weight is 241 g/mol. The molecule has 0 saturated heterocycles. The van der Waals surface area contributed by atoms with Gasteiger partial charge in [-0.05, 0) is 24.7 Å². The maximum atomic E-state index is 12.0. The Kier molecular flexibility index (Phi) is 4.17. The second kappa shape index (κ2) is 5.07. The van der Waals surface area contributed by atoms with Crippen LogP contribution in [0.5, 0.6) is 0 Å². The molecule has 2 N–H and O–H groups in total. The molecule has 0 aliphatic heterocycles. The summed E-state index contributed by atoms with van der Waals surface area (Å²) in [5.74, 6) is -1.06. The van der Waals surface area contributed by atoms with Crippen LogP contribution in [0.15, 0.2) is 0 Å². The van der Waals surface area contributed by atoms with E-state index in [-0.39, 0.29) is 29.2 Å². The molecule has 4 heteroatoms. The molecule has 0 spiro atoms. The predicted octanol–water partition coefficient (Wildman–Crippen LogP) is 2.04. The van der Waals surface area contributed by atoms with Crippen molar-refractivity contribution in [3.8, 4) is 0 Å². The van der Waals surface area contributed by atoms with E-state index in [1.165, 1.54) is 0 Å². The molecule has 1 unspecified atom stereocenters. The van der Waals surface area contributed by atoms with E-state index in [1.54, 1.807) is 0 Å². The lowest BCUT2D eigenvalue weighted by Crippen LogP contribution is -2.41. The van der Waals surface area contributed by atoms with Gasteiger partial charge in [-0.3, -0.25) is 9.59 Å². The fraction of sp³-hybridized carbons (Fsp3) is 0.846. The number of hydrogen-bond acceptors (Lipinski definition) is 2. The molecule has 98 valence electrons. The molecule has 0 bridgehead atoms. The van der Waals surface area contributed by atoms with Crippen LogP contribution in [-0.4, -0.2) is 23.0 Å². The first kappa shape index (κ1) is 14.0. The number of nitrogens with one attached hydrogen (secondary N) is 1. The number of amides is 1. The lowest BCUT2D eigenvalue weighted by molar-refractivity contribution is -0.141. The average Bonchev–Trinajstić information content (AvgIpc) is 2.63. The van der Waals surface area contributed by atoms with E-state index in [2.05, 4.69) is 5.32 Å².